The molecule has 0 spiro atoms. The highest BCUT2D eigenvalue weighted by molar-refractivity contribution is 7.13. The molecule has 0 radical (unpaired) electrons. The van der Waals surface area contributed by atoms with E-state index >= 15 is 0 Å². The Bertz CT molecular complexity index is 306. The number of nitrogens with one attached hydrogen (secondary N) is 1. The van der Waals surface area contributed by atoms with E-state index in [2.05, 4.69) is 11.4 Å². The van der Waals surface area contributed by atoms with Gasteiger partial charge < -0.3 is 11.1 Å². The van der Waals surface area contributed by atoms with Crippen LogP contribution in [0.1, 0.15) is 9.75 Å². The first-order chi connectivity index (χ1) is 6.72. The van der Waals surface area contributed by atoms with Crippen LogP contribution in [0.4, 0.5) is 0 Å². The third kappa shape index (κ3) is 4.44. The number of rotatable bonds is 5. The van der Waals surface area contributed by atoms with Crippen molar-refractivity contribution in [2.45, 2.75) is 6.54 Å². The van der Waals surface area contributed by atoms with Gasteiger partial charge in [0.05, 0.1) is 0 Å². The lowest BCUT2D eigenvalue weighted by molar-refractivity contribution is 0.702. The second kappa shape index (κ2) is 6.43. The minimum atomic E-state index is 0.285. The van der Waals surface area contributed by atoms with E-state index in [1.54, 1.807) is 17.4 Å². The first-order valence-electron chi connectivity index (χ1n) is 4.24. The number of hydrogen-bond donors (Lipinski definition) is 2. The first kappa shape index (κ1) is 12.0. The lowest BCUT2D eigenvalue weighted by Gasteiger charge is -1.98. The van der Waals surface area contributed by atoms with E-state index in [-0.39, 0.29) is 4.49 Å². The van der Waals surface area contributed by atoms with Gasteiger partial charge in [-0.1, -0.05) is 23.2 Å². The Labute approximate surface area is 97.7 Å². The Morgan fingerprint density at radius 3 is 2.93 bits per heavy atom. The Balaban J connectivity index is 2.47. The molecule has 1 aromatic rings. The van der Waals surface area contributed by atoms with Crippen molar-refractivity contribution < 1.29 is 0 Å². The summed E-state index contributed by atoms with van der Waals surface area (Å²) in [5, 5.41) is 3.22. The van der Waals surface area contributed by atoms with Crippen molar-refractivity contribution in [2.75, 3.05) is 13.1 Å². The molecular weight excluding hydrogens is 239 g/mol. The van der Waals surface area contributed by atoms with Crippen LogP contribution in [0.5, 0.6) is 0 Å². The SMILES string of the molecule is NCCNCc1ccc(C=C(Cl)Cl)s1. The molecule has 1 heterocycles. The Morgan fingerprint density at radius 1 is 1.50 bits per heavy atom. The highest BCUT2D eigenvalue weighted by atomic mass is 35.5. The largest absolute Gasteiger partial charge is 0.329 e. The molecule has 14 heavy (non-hydrogen) atoms. The zero-order chi connectivity index (χ0) is 10.4. The monoisotopic (exact) mass is 250 g/mol. The molecule has 0 amide bonds. The van der Waals surface area contributed by atoms with Crippen LogP contribution in [-0.2, 0) is 6.54 Å². The van der Waals surface area contributed by atoms with Gasteiger partial charge in [-0.05, 0) is 18.2 Å². The van der Waals surface area contributed by atoms with E-state index in [4.69, 9.17) is 28.9 Å². The fraction of sp³-hybridized carbons (Fsp3) is 0.333. The maximum atomic E-state index is 5.55. The molecule has 0 fully saturated rings. The lowest BCUT2D eigenvalue weighted by atomic mass is 10.4. The van der Waals surface area contributed by atoms with Gasteiger partial charge in [0.25, 0.3) is 0 Å². The third-order valence-electron chi connectivity index (χ3n) is 1.55. The molecule has 0 aliphatic heterocycles. The summed E-state index contributed by atoms with van der Waals surface area (Å²) in [7, 11) is 0. The number of halogens is 2. The van der Waals surface area contributed by atoms with E-state index in [1.807, 2.05) is 6.07 Å². The van der Waals surface area contributed by atoms with Gasteiger partial charge in [0.1, 0.15) is 4.49 Å². The molecule has 5 heteroatoms. The van der Waals surface area contributed by atoms with Crippen LogP contribution in [0.25, 0.3) is 6.08 Å². The van der Waals surface area contributed by atoms with Crippen molar-refractivity contribution >= 4 is 40.6 Å². The Kier molecular flexibility index (Phi) is 5.52. The quantitative estimate of drug-likeness (QED) is 0.789. The van der Waals surface area contributed by atoms with Gasteiger partial charge in [0.15, 0.2) is 0 Å². The number of thiophene rings is 1. The molecule has 0 aliphatic rings. The molecule has 0 unspecified atom stereocenters. The van der Waals surface area contributed by atoms with E-state index in [0.29, 0.717) is 6.54 Å². The highest BCUT2D eigenvalue weighted by Crippen LogP contribution is 2.21. The summed E-state index contributed by atoms with van der Waals surface area (Å²) in [5.41, 5.74) is 5.36. The van der Waals surface area contributed by atoms with Crippen LogP contribution in [-0.4, -0.2) is 13.1 Å². The van der Waals surface area contributed by atoms with Gasteiger partial charge in [0.2, 0.25) is 0 Å². The summed E-state index contributed by atoms with van der Waals surface area (Å²) in [6.45, 7) is 2.33. The van der Waals surface area contributed by atoms with Gasteiger partial charge in [-0.15, -0.1) is 11.3 Å². The lowest BCUT2D eigenvalue weighted by Crippen LogP contribution is -2.21. The van der Waals surface area contributed by atoms with Crippen LogP contribution in [0.3, 0.4) is 0 Å². The summed E-state index contributed by atoms with van der Waals surface area (Å²) in [4.78, 5) is 2.31. The smallest absolute Gasteiger partial charge is 0.108 e. The highest BCUT2D eigenvalue weighted by Gasteiger charge is 1.97. The molecule has 0 atom stereocenters. The van der Waals surface area contributed by atoms with Gasteiger partial charge in [0, 0.05) is 29.4 Å². The maximum absolute atomic E-state index is 5.55. The summed E-state index contributed by atoms with van der Waals surface area (Å²) < 4.78 is 0.285. The van der Waals surface area contributed by atoms with Crippen molar-refractivity contribution in [3.05, 3.63) is 26.4 Å². The fourth-order valence-electron chi connectivity index (χ4n) is 0.988. The standard InChI is InChI=1S/C9H12Cl2N2S/c10-9(11)5-7-1-2-8(14-7)6-13-4-3-12/h1-2,5,13H,3-4,6,12H2. The molecule has 78 valence electrons. The topological polar surface area (TPSA) is 38.0 Å². The second-order valence-corrected chi connectivity index (χ2v) is 4.91. The summed E-state index contributed by atoms with van der Waals surface area (Å²) in [6, 6.07) is 4.05. The molecule has 3 N–H and O–H groups in total. The number of hydrogen-bond acceptors (Lipinski definition) is 3. The predicted octanol–water partition coefficient (Wildman–Crippen LogP) is 2.57. The molecule has 0 saturated heterocycles. The van der Waals surface area contributed by atoms with E-state index in [1.165, 1.54) is 4.88 Å². The van der Waals surface area contributed by atoms with E-state index in [0.717, 1.165) is 18.0 Å². The van der Waals surface area contributed by atoms with Crippen LogP contribution < -0.4 is 11.1 Å². The van der Waals surface area contributed by atoms with Crippen LogP contribution in [0.2, 0.25) is 0 Å². The summed E-state index contributed by atoms with van der Waals surface area (Å²) in [6.07, 6.45) is 1.74. The molecule has 0 saturated carbocycles. The molecule has 1 rings (SSSR count). The Morgan fingerprint density at radius 2 is 2.29 bits per heavy atom. The van der Waals surface area contributed by atoms with Crippen molar-refractivity contribution in [3.63, 3.8) is 0 Å². The van der Waals surface area contributed by atoms with E-state index < -0.39 is 0 Å². The van der Waals surface area contributed by atoms with Crippen LogP contribution in [0.15, 0.2) is 16.6 Å². The fourth-order valence-corrected chi connectivity index (χ4v) is 2.28. The zero-order valence-corrected chi connectivity index (χ0v) is 9.92. The van der Waals surface area contributed by atoms with Crippen LogP contribution in [0, 0.1) is 0 Å². The first-order valence-corrected chi connectivity index (χ1v) is 5.82. The normalized spacial score (nSPS) is 10.2. The van der Waals surface area contributed by atoms with Gasteiger partial charge in [-0.3, -0.25) is 0 Å². The van der Waals surface area contributed by atoms with Gasteiger partial charge >= 0.3 is 0 Å². The van der Waals surface area contributed by atoms with Crippen molar-refractivity contribution in [3.8, 4) is 0 Å². The van der Waals surface area contributed by atoms with Crippen molar-refractivity contribution in [2.24, 2.45) is 5.73 Å². The predicted molar refractivity (Wildman–Crippen MR) is 64.8 cm³/mol. The molecule has 0 bridgehead atoms. The van der Waals surface area contributed by atoms with Crippen LogP contribution >= 0.6 is 34.5 Å². The van der Waals surface area contributed by atoms with E-state index in [9.17, 15) is 0 Å². The zero-order valence-electron chi connectivity index (χ0n) is 7.59. The molecule has 0 aromatic carbocycles. The Hall–Kier alpha value is -0.0600. The maximum Gasteiger partial charge on any atom is 0.108 e. The molecule has 0 aliphatic carbocycles. The van der Waals surface area contributed by atoms with Gasteiger partial charge in [-0.2, -0.15) is 0 Å². The minimum Gasteiger partial charge on any atom is -0.329 e. The van der Waals surface area contributed by atoms with Crippen molar-refractivity contribution in [1.82, 2.24) is 5.32 Å². The van der Waals surface area contributed by atoms with Gasteiger partial charge in [-0.25, -0.2) is 0 Å². The molecule has 2 nitrogen and oxygen atoms in total. The third-order valence-corrected chi connectivity index (χ3v) is 2.80. The number of nitrogens with two attached hydrogens (primary N) is 1. The average Bonchev–Trinajstić information content (AvgIpc) is 2.52. The second-order valence-electron chi connectivity index (χ2n) is 2.70. The summed E-state index contributed by atoms with van der Waals surface area (Å²) in [5.74, 6) is 0. The minimum absolute atomic E-state index is 0.285. The van der Waals surface area contributed by atoms with Crippen molar-refractivity contribution in [1.29, 1.82) is 0 Å². The average molecular weight is 251 g/mol. The molecular formula is C9H12Cl2N2S. The molecule has 1 aromatic heterocycles. The summed E-state index contributed by atoms with van der Waals surface area (Å²) >= 11 is 12.8.